The highest BCUT2D eigenvalue weighted by molar-refractivity contribution is 6.00. The minimum absolute atomic E-state index is 0.0963. The molecule has 2 fully saturated rings. The molecule has 0 saturated carbocycles. The second-order valence-electron chi connectivity index (χ2n) is 10.8. The van der Waals surface area contributed by atoms with E-state index >= 15 is 0 Å². The van der Waals surface area contributed by atoms with E-state index in [1.54, 1.807) is 4.90 Å². The zero-order chi connectivity index (χ0) is 27.7. The van der Waals surface area contributed by atoms with Gasteiger partial charge in [0.15, 0.2) is 0 Å². The Balaban J connectivity index is 1.28. The Kier molecular flexibility index (Phi) is 10.1. The molecule has 1 unspecified atom stereocenters. The minimum atomic E-state index is -0.812. The minimum Gasteiger partial charge on any atom is -0.461 e. The number of esters is 1. The Morgan fingerprint density at radius 2 is 1.67 bits per heavy atom. The zero-order valence-corrected chi connectivity index (χ0v) is 23.0. The fourth-order valence-electron chi connectivity index (χ4n) is 5.71. The maximum absolute atomic E-state index is 13.7. The quantitative estimate of drug-likeness (QED) is 0.406. The summed E-state index contributed by atoms with van der Waals surface area (Å²) in [6, 6.07) is 18.6. The lowest BCUT2D eigenvalue weighted by Gasteiger charge is -2.52. The predicted octanol–water partition coefficient (Wildman–Crippen LogP) is 3.04. The summed E-state index contributed by atoms with van der Waals surface area (Å²) < 4.78 is 5.34. The first-order valence-corrected chi connectivity index (χ1v) is 14.3. The van der Waals surface area contributed by atoms with Gasteiger partial charge in [0.05, 0.1) is 0 Å². The van der Waals surface area contributed by atoms with Gasteiger partial charge in [0, 0.05) is 38.6 Å². The van der Waals surface area contributed by atoms with Gasteiger partial charge < -0.3 is 25.6 Å². The van der Waals surface area contributed by atoms with Gasteiger partial charge in [-0.15, -0.1) is 0 Å². The third kappa shape index (κ3) is 7.25. The van der Waals surface area contributed by atoms with Crippen LogP contribution in [0.1, 0.15) is 56.6 Å². The molecule has 210 valence electrons. The number of likely N-dealkylation sites (tertiary alicyclic amines) is 1. The number of hydrogen-bond acceptors (Lipinski definition) is 6. The third-order valence-electron chi connectivity index (χ3n) is 8.04. The van der Waals surface area contributed by atoms with E-state index in [0.717, 1.165) is 38.0 Å². The van der Waals surface area contributed by atoms with Gasteiger partial charge in [-0.25, -0.2) is 0 Å². The van der Waals surface area contributed by atoms with Crippen molar-refractivity contribution in [3.63, 3.8) is 0 Å². The largest absolute Gasteiger partial charge is 0.461 e. The second-order valence-corrected chi connectivity index (χ2v) is 10.8. The molecule has 0 aromatic heterocycles. The molecule has 3 N–H and O–H groups in total. The van der Waals surface area contributed by atoms with Gasteiger partial charge in [0.2, 0.25) is 11.8 Å². The van der Waals surface area contributed by atoms with Crippen molar-refractivity contribution in [3.05, 3.63) is 71.8 Å². The summed E-state index contributed by atoms with van der Waals surface area (Å²) in [5.41, 5.74) is 7.85. The van der Waals surface area contributed by atoms with E-state index in [2.05, 4.69) is 34.5 Å². The summed E-state index contributed by atoms with van der Waals surface area (Å²) in [6.07, 6.45) is 4.13. The average Bonchev–Trinajstić information content (AvgIpc) is 2.97. The Morgan fingerprint density at radius 1 is 1.03 bits per heavy atom. The number of hydrogen-bond donors (Lipinski definition) is 2. The zero-order valence-electron chi connectivity index (χ0n) is 23.0. The Labute approximate surface area is 231 Å². The van der Waals surface area contributed by atoms with Gasteiger partial charge in [0.25, 0.3) is 0 Å². The Hall–Kier alpha value is -3.23. The lowest BCUT2D eigenvalue weighted by Crippen LogP contribution is -2.75. The van der Waals surface area contributed by atoms with Crippen molar-refractivity contribution in [2.75, 3.05) is 26.2 Å². The molecule has 2 heterocycles. The SMILES string of the molecule is CCCN1C(=O)[C@@H](C(N)CCCC(=O)OCc2ccccc2)NC(=O)C12CCN(CCc1ccccc1)CC2. The van der Waals surface area contributed by atoms with E-state index in [-0.39, 0.29) is 30.8 Å². The molecule has 39 heavy (non-hydrogen) atoms. The van der Waals surface area contributed by atoms with Crippen molar-refractivity contribution in [3.8, 4) is 0 Å². The maximum atomic E-state index is 13.7. The molecule has 2 atom stereocenters. The number of carbonyl (C=O) groups excluding carboxylic acids is 3. The normalized spacial score (nSPS) is 20.1. The number of benzene rings is 2. The van der Waals surface area contributed by atoms with Crippen LogP contribution in [0.4, 0.5) is 0 Å². The summed E-state index contributed by atoms with van der Waals surface area (Å²) in [5.74, 6) is -0.495. The molecule has 2 aromatic carbocycles. The van der Waals surface area contributed by atoms with Crippen LogP contribution in [0.3, 0.4) is 0 Å². The fourth-order valence-corrected chi connectivity index (χ4v) is 5.71. The maximum Gasteiger partial charge on any atom is 0.306 e. The highest BCUT2D eigenvalue weighted by Crippen LogP contribution is 2.34. The van der Waals surface area contributed by atoms with Crippen molar-refractivity contribution in [1.82, 2.24) is 15.1 Å². The molecule has 2 amide bonds. The molecular formula is C31H42N4O4. The molecule has 8 nitrogen and oxygen atoms in total. The number of ether oxygens (including phenoxy) is 1. The molecule has 0 aliphatic carbocycles. The van der Waals surface area contributed by atoms with Gasteiger partial charge in [-0.05, 0) is 49.7 Å². The van der Waals surface area contributed by atoms with Crippen molar-refractivity contribution in [2.24, 2.45) is 5.73 Å². The third-order valence-corrected chi connectivity index (χ3v) is 8.04. The molecule has 2 aliphatic rings. The van der Waals surface area contributed by atoms with Crippen LogP contribution in [0.15, 0.2) is 60.7 Å². The van der Waals surface area contributed by atoms with Crippen molar-refractivity contribution < 1.29 is 19.1 Å². The Morgan fingerprint density at radius 3 is 2.31 bits per heavy atom. The van der Waals surface area contributed by atoms with Crippen LogP contribution in [0.5, 0.6) is 0 Å². The highest BCUT2D eigenvalue weighted by atomic mass is 16.5. The standard InChI is InChI=1S/C31H42N4O4/c1-2-19-35-29(37)28(26(32)14-9-15-27(36)39-23-25-12-7-4-8-13-25)33-30(38)31(35)17-21-34(22-18-31)20-16-24-10-5-3-6-11-24/h3-8,10-13,26,28H,2,9,14-23,32H2,1H3,(H,33,38)/t26?,28-/m1/s1. The second kappa shape index (κ2) is 13.7. The smallest absolute Gasteiger partial charge is 0.306 e. The van der Waals surface area contributed by atoms with E-state index < -0.39 is 17.6 Å². The van der Waals surface area contributed by atoms with E-state index in [0.29, 0.717) is 32.2 Å². The number of piperidine rings is 1. The molecule has 1 spiro atoms. The van der Waals surface area contributed by atoms with Crippen LogP contribution in [0.2, 0.25) is 0 Å². The Bertz CT molecular complexity index is 1090. The topological polar surface area (TPSA) is 105 Å². The number of nitrogens with two attached hydrogens (primary N) is 1. The number of nitrogens with one attached hydrogen (secondary N) is 1. The van der Waals surface area contributed by atoms with Crippen LogP contribution in [0, 0.1) is 0 Å². The van der Waals surface area contributed by atoms with Crippen LogP contribution in [-0.2, 0) is 32.1 Å². The van der Waals surface area contributed by atoms with E-state index in [1.165, 1.54) is 5.56 Å². The van der Waals surface area contributed by atoms with Crippen LogP contribution >= 0.6 is 0 Å². The van der Waals surface area contributed by atoms with Crippen LogP contribution in [-0.4, -0.2) is 71.4 Å². The molecule has 4 rings (SSSR count). The first kappa shape index (κ1) is 28.8. The summed E-state index contributed by atoms with van der Waals surface area (Å²) in [6.45, 7) is 5.28. The van der Waals surface area contributed by atoms with Crippen molar-refractivity contribution >= 4 is 17.8 Å². The molecule has 2 aliphatic heterocycles. The lowest BCUT2D eigenvalue weighted by molar-refractivity contribution is -0.162. The lowest BCUT2D eigenvalue weighted by atomic mass is 9.80. The molecular weight excluding hydrogens is 492 g/mol. The number of rotatable bonds is 12. The highest BCUT2D eigenvalue weighted by Gasteiger charge is 2.54. The van der Waals surface area contributed by atoms with Gasteiger partial charge in [-0.2, -0.15) is 0 Å². The number of carbonyl (C=O) groups is 3. The molecule has 0 bridgehead atoms. The van der Waals surface area contributed by atoms with Gasteiger partial charge in [-0.1, -0.05) is 67.6 Å². The monoisotopic (exact) mass is 534 g/mol. The molecule has 0 radical (unpaired) electrons. The summed E-state index contributed by atoms with van der Waals surface area (Å²) >= 11 is 0. The van der Waals surface area contributed by atoms with Gasteiger partial charge >= 0.3 is 5.97 Å². The van der Waals surface area contributed by atoms with E-state index in [1.807, 2.05) is 43.3 Å². The van der Waals surface area contributed by atoms with Crippen molar-refractivity contribution in [1.29, 1.82) is 0 Å². The molecule has 2 aromatic rings. The first-order valence-electron chi connectivity index (χ1n) is 14.3. The van der Waals surface area contributed by atoms with E-state index in [4.69, 9.17) is 10.5 Å². The number of nitrogens with zero attached hydrogens (tertiary/aromatic N) is 2. The summed E-state index contributed by atoms with van der Waals surface area (Å²) in [4.78, 5) is 43.6. The first-order chi connectivity index (χ1) is 18.9. The molecule has 2 saturated heterocycles. The van der Waals surface area contributed by atoms with E-state index in [9.17, 15) is 14.4 Å². The van der Waals surface area contributed by atoms with Crippen LogP contribution in [0.25, 0.3) is 0 Å². The summed E-state index contributed by atoms with van der Waals surface area (Å²) in [7, 11) is 0. The number of piperazine rings is 1. The van der Waals surface area contributed by atoms with Gasteiger partial charge in [-0.3, -0.25) is 14.4 Å². The summed E-state index contributed by atoms with van der Waals surface area (Å²) in [5, 5.41) is 2.98. The molecule has 8 heteroatoms. The van der Waals surface area contributed by atoms with Gasteiger partial charge in [0.1, 0.15) is 18.2 Å². The number of amides is 2. The van der Waals surface area contributed by atoms with Crippen molar-refractivity contribution in [2.45, 2.75) is 76.1 Å². The van der Waals surface area contributed by atoms with Crippen LogP contribution < -0.4 is 11.1 Å². The predicted molar refractivity (Wildman–Crippen MR) is 151 cm³/mol. The fraction of sp³-hybridized carbons (Fsp3) is 0.516. The average molecular weight is 535 g/mol.